The maximum absolute atomic E-state index is 12.8. The number of nitrogens with one attached hydrogen (secondary N) is 1. The van der Waals surface area contributed by atoms with Crippen molar-refractivity contribution < 1.29 is 39.8 Å². The molecule has 9 heteroatoms. The number of ether oxygens (including phenoxy) is 2. The van der Waals surface area contributed by atoms with Crippen molar-refractivity contribution in [3.63, 3.8) is 0 Å². The summed E-state index contributed by atoms with van der Waals surface area (Å²) in [7, 11) is 0. The normalized spacial score (nSPS) is 23.7. The third-order valence-electron chi connectivity index (χ3n) is 8.61. The molecule has 1 fully saturated rings. The van der Waals surface area contributed by atoms with Gasteiger partial charge in [0, 0.05) is 6.42 Å². The zero-order valence-corrected chi connectivity index (χ0v) is 27.9. The van der Waals surface area contributed by atoms with Crippen LogP contribution in [0.3, 0.4) is 0 Å². The molecule has 9 nitrogen and oxygen atoms in total. The second kappa shape index (κ2) is 27.1. The van der Waals surface area contributed by atoms with Crippen molar-refractivity contribution in [2.45, 2.75) is 192 Å². The van der Waals surface area contributed by atoms with Gasteiger partial charge < -0.3 is 40.3 Å². The van der Waals surface area contributed by atoms with Gasteiger partial charge >= 0.3 is 0 Å². The van der Waals surface area contributed by atoms with Crippen molar-refractivity contribution in [2.75, 3.05) is 13.2 Å². The lowest BCUT2D eigenvalue weighted by Crippen LogP contribution is -2.60. The molecular formula is C35H67NO8. The standard InChI is InChI=1S/C35H67NO8/c1-3-5-7-9-11-13-14-15-17-18-20-22-24-29(38)28(27-43-35-34(42)33(41)32(40)30(26-37)44-35)36-31(39)25-23-21-19-16-12-10-8-6-4-2/h22,24,28-30,32-35,37-38,40-42H,3-21,23,25-27H2,1-2H3,(H,36,39)/b24-22+. The summed E-state index contributed by atoms with van der Waals surface area (Å²) in [5.74, 6) is -0.183. The minimum absolute atomic E-state index is 0.183. The van der Waals surface area contributed by atoms with Crippen LogP contribution in [0.25, 0.3) is 0 Å². The topological polar surface area (TPSA) is 149 Å². The molecule has 6 N–H and O–H groups in total. The molecule has 1 heterocycles. The molecule has 260 valence electrons. The van der Waals surface area contributed by atoms with E-state index in [1.165, 1.54) is 89.9 Å². The van der Waals surface area contributed by atoms with Crippen molar-refractivity contribution in [3.05, 3.63) is 12.2 Å². The van der Waals surface area contributed by atoms with Crippen molar-refractivity contribution in [1.82, 2.24) is 5.32 Å². The Morgan fingerprint density at radius 3 is 1.77 bits per heavy atom. The number of aliphatic hydroxyl groups is 5. The molecular weight excluding hydrogens is 562 g/mol. The van der Waals surface area contributed by atoms with Crippen LogP contribution in [0.15, 0.2) is 12.2 Å². The molecule has 0 radical (unpaired) electrons. The molecule has 7 unspecified atom stereocenters. The number of allylic oxidation sites excluding steroid dienone is 1. The molecule has 7 atom stereocenters. The molecule has 0 bridgehead atoms. The van der Waals surface area contributed by atoms with Gasteiger partial charge in [0.05, 0.1) is 25.4 Å². The molecule has 1 aliphatic heterocycles. The van der Waals surface area contributed by atoms with Gasteiger partial charge in [0.1, 0.15) is 24.4 Å². The highest BCUT2D eigenvalue weighted by Crippen LogP contribution is 2.22. The minimum Gasteiger partial charge on any atom is -0.394 e. The average molecular weight is 630 g/mol. The van der Waals surface area contributed by atoms with Gasteiger partial charge in [0.15, 0.2) is 6.29 Å². The lowest BCUT2D eigenvalue weighted by atomic mass is 9.99. The van der Waals surface area contributed by atoms with E-state index in [-0.39, 0.29) is 12.5 Å². The molecule has 1 aliphatic rings. The predicted octanol–water partition coefficient (Wildman–Crippen LogP) is 5.44. The van der Waals surface area contributed by atoms with Crippen LogP contribution in [0, 0.1) is 0 Å². The summed E-state index contributed by atoms with van der Waals surface area (Å²) in [5.41, 5.74) is 0. The first-order valence-electron chi connectivity index (χ1n) is 17.9. The summed E-state index contributed by atoms with van der Waals surface area (Å²) in [6.07, 6.45) is 19.7. The number of carbonyl (C=O) groups is 1. The van der Waals surface area contributed by atoms with E-state index in [1.807, 2.05) is 6.08 Å². The summed E-state index contributed by atoms with van der Waals surface area (Å²) < 4.78 is 11.1. The fourth-order valence-electron chi connectivity index (χ4n) is 5.62. The highest BCUT2D eigenvalue weighted by atomic mass is 16.7. The van der Waals surface area contributed by atoms with E-state index in [2.05, 4.69) is 19.2 Å². The smallest absolute Gasteiger partial charge is 0.220 e. The Hall–Kier alpha value is -1.07. The molecule has 0 aliphatic carbocycles. The summed E-state index contributed by atoms with van der Waals surface area (Å²) in [6.45, 7) is 3.71. The summed E-state index contributed by atoms with van der Waals surface area (Å²) in [4.78, 5) is 12.8. The van der Waals surface area contributed by atoms with Gasteiger partial charge in [-0.15, -0.1) is 0 Å². The van der Waals surface area contributed by atoms with Crippen molar-refractivity contribution in [1.29, 1.82) is 0 Å². The Labute approximate surface area is 267 Å². The van der Waals surface area contributed by atoms with Gasteiger partial charge in [-0.25, -0.2) is 0 Å². The van der Waals surface area contributed by atoms with E-state index < -0.39 is 49.5 Å². The van der Waals surface area contributed by atoms with Crippen molar-refractivity contribution >= 4 is 5.91 Å². The molecule has 0 spiro atoms. The maximum Gasteiger partial charge on any atom is 0.220 e. The molecule has 0 aromatic rings. The van der Waals surface area contributed by atoms with E-state index in [0.717, 1.165) is 38.5 Å². The summed E-state index contributed by atoms with van der Waals surface area (Å²) in [6, 6.07) is -0.794. The van der Waals surface area contributed by atoms with Crippen LogP contribution in [-0.4, -0.2) is 87.5 Å². The molecule has 1 rings (SSSR count). The van der Waals surface area contributed by atoms with Crippen LogP contribution in [0.1, 0.15) is 149 Å². The van der Waals surface area contributed by atoms with Gasteiger partial charge in [-0.3, -0.25) is 4.79 Å². The Morgan fingerprint density at radius 2 is 1.25 bits per heavy atom. The molecule has 0 saturated carbocycles. The monoisotopic (exact) mass is 629 g/mol. The molecule has 0 aromatic heterocycles. The number of carbonyl (C=O) groups excluding carboxylic acids is 1. The average Bonchev–Trinajstić information content (AvgIpc) is 3.02. The molecule has 1 saturated heterocycles. The van der Waals surface area contributed by atoms with Crippen LogP contribution in [0.4, 0.5) is 0 Å². The number of hydrogen-bond acceptors (Lipinski definition) is 8. The third kappa shape index (κ3) is 18.8. The second-order valence-corrected chi connectivity index (χ2v) is 12.7. The van der Waals surface area contributed by atoms with E-state index in [4.69, 9.17) is 9.47 Å². The van der Waals surface area contributed by atoms with Gasteiger partial charge in [-0.05, 0) is 19.3 Å². The highest BCUT2D eigenvalue weighted by Gasteiger charge is 2.44. The fourth-order valence-corrected chi connectivity index (χ4v) is 5.62. The van der Waals surface area contributed by atoms with E-state index in [0.29, 0.717) is 6.42 Å². The summed E-state index contributed by atoms with van der Waals surface area (Å²) >= 11 is 0. The maximum atomic E-state index is 12.8. The largest absolute Gasteiger partial charge is 0.394 e. The van der Waals surface area contributed by atoms with Gasteiger partial charge in [0.2, 0.25) is 5.91 Å². The zero-order valence-electron chi connectivity index (χ0n) is 27.9. The minimum atomic E-state index is -1.56. The van der Waals surface area contributed by atoms with Gasteiger partial charge in [-0.2, -0.15) is 0 Å². The first-order chi connectivity index (χ1) is 21.3. The SMILES string of the molecule is CCCCCCCCCCCC/C=C/C(O)C(COC1OC(CO)C(O)C(O)C1O)NC(=O)CCCCCCCCCCC. The first kappa shape index (κ1) is 41.0. The number of hydrogen-bond donors (Lipinski definition) is 6. The van der Waals surface area contributed by atoms with Crippen LogP contribution in [0.2, 0.25) is 0 Å². The van der Waals surface area contributed by atoms with Gasteiger partial charge in [-0.1, -0.05) is 135 Å². The number of aliphatic hydroxyl groups excluding tert-OH is 5. The third-order valence-corrected chi connectivity index (χ3v) is 8.61. The molecule has 44 heavy (non-hydrogen) atoms. The lowest BCUT2D eigenvalue weighted by Gasteiger charge is -2.40. The zero-order chi connectivity index (χ0) is 32.4. The molecule has 0 aromatic carbocycles. The highest BCUT2D eigenvalue weighted by molar-refractivity contribution is 5.76. The lowest BCUT2D eigenvalue weighted by molar-refractivity contribution is -0.302. The second-order valence-electron chi connectivity index (χ2n) is 12.7. The van der Waals surface area contributed by atoms with Crippen LogP contribution >= 0.6 is 0 Å². The Kier molecular flexibility index (Phi) is 25.2. The first-order valence-corrected chi connectivity index (χ1v) is 17.9. The van der Waals surface area contributed by atoms with E-state index in [1.54, 1.807) is 6.08 Å². The Morgan fingerprint density at radius 1 is 0.750 bits per heavy atom. The van der Waals surface area contributed by atoms with E-state index >= 15 is 0 Å². The van der Waals surface area contributed by atoms with Crippen LogP contribution in [-0.2, 0) is 14.3 Å². The Balaban J connectivity index is 2.51. The Bertz CT molecular complexity index is 706. The number of rotatable bonds is 28. The van der Waals surface area contributed by atoms with Crippen molar-refractivity contribution in [3.8, 4) is 0 Å². The number of amides is 1. The van der Waals surface area contributed by atoms with Crippen LogP contribution in [0.5, 0.6) is 0 Å². The van der Waals surface area contributed by atoms with Crippen molar-refractivity contribution in [2.24, 2.45) is 0 Å². The fraction of sp³-hybridized carbons (Fsp3) is 0.914. The summed E-state index contributed by atoms with van der Waals surface area (Å²) in [5, 5.41) is 53.7. The van der Waals surface area contributed by atoms with Gasteiger partial charge in [0.25, 0.3) is 0 Å². The molecule has 1 amide bonds. The predicted molar refractivity (Wildman–Crippen MR) is 175 cm³/mol. The number of unbranched alkanes of at least 4 members (excludes halogenated alkanes) is 18. The quantitative estimate of drug-likeness (QED) is 0.0495. The van der Waals surface area contributed by atoms with Crippen LogP contribution < -0.4 is 5.32 Å². The van der Waals surface area contributed by atoms with E-state index in [9.17, 15) is 30.3 Å².